The Kier molecular flexibility index (Phi) is 13.4. The predicted molar refractivity (Wildman–Crippen MR) is 12.0 cm³/mol. The minimum atomic E-state index is -2.51. The Morgan fingerprint density at radius 3 is 1.29 bits per heavy atom. The zero-order valence-corrected chi connectivity index (χ0v) is 7.28. The van der Waals surface area contributed by atoms with Gasteiger partial charge in [-0.3, -0.25) is 0 Å². The monoisotopic (exact) mass is 332 g/mol. The van der Waals surface area contributed by atoms with Gasteiger partial charge in [0.05, 0.1) is 0 Å². The molecule has 0 saturated carbocycles. The van der Waals surface area contributed by atoms with E-state index in [1.807, 2.05) is 0 Å². The number of rotatable bonds is 0. The molecule has 0 aromatic heterocycles. The first kappa shape index (κ1) is 10.0. The van der Waals surface area contributed by atoms with Gasteiger partial charge in [-0.1, -0.05) is 0 Å². The molecular weight excluding hydrogens is 330 g/mol. The molecule has 0 fully saturated rings. The predicted octanol–water partition coefficient (Wildman–Crippen LogP) is -0.0152. The fraction of sp³-hybridized carbons (Fsp3) is 0. The fourth-order valence-corrected chi connectivity index (χ4v) is 0. The molecule has 0 aliphatic carbocycles. The number of carboxylic acid groups (broad SMARTS) is 2. The summed E-state index contributed by atoms with van der Waals surface area (Å²) in [5.41, 5.74) is 0. The van der Waals surface area contributed by atoms with Crippen LogP contribution in [0.15, 0.2) is 0 Å². The average Bonchev–Trinajstić information content (AvgIpc) is 1.33. The van der Waals surface area contributed by atoms with Gasteiger partial charge in [0, 0.05) is 0 Å². The molecule has 6 heteroatoms. The second-order valence-electron chi connectivity index (χ2n) is 0.366. The van der Waals surface area contributed by atoms with Crippen molar-refractivity contribution in [2.45, 2.75) is 0 Å². The Balaban J connectivity index is 0. The van der Waals surface area contributed by atoms with Crippen molar-refractivity contribution in [3.05, 3.63) is 0 Å². The van der Waals surface area contributed by atoms with Crippen molar-refractivity contribution >= 4 is 6.16 Å². The zero-order valence-electron chi connectivity index (χ0n) is 3.12. The van der Waals surface area contributed by atoms with E-state index < -0.39 is 34.0 Å². The maximum atomic E-state index is 8.58. The van der Waals surface area contributed by atoms with Crippen LogP contribution in [0.1, 0.15) is 0 Å². The zero-order chi connectivity index (χ0) is 6.28. The van der Waals surface area contributed by atoms with Crippen molar-refractivity contribution in [2.75, 3.05) is 0 Å². The Bertz CT molecular complexity index is 76.1. The number of hydrogen-bond donors (Lipinski definition) is 2. The second kappa shape index (κ2) is 9.33. The average molecular weight is 332 g/mol. The van der Waals surface area contributed by atoms with Gasteiger partial charge >= 0.3 is 38.4 Å². The van der Waals surface area contributed by atoms with Crippen LogP contribution in [0.2, 0.25) is 0 Å². The standard InChI is InChI=1S/CH2O3.2O.U/c2-1(3)4;;;/h(H2,2,3,4);;;. The molecule has 0 aliphatic rings. The van der Waals surface area contributed by atoms with Gasteiger partial charge in [-0.05, 0) is 0 Å². The molecule has 0 saturated heterocycles. The molecule has 0 spiro atoms. The first-order chi connectivity index (χ1) is 3.15. The van der Waals surface area contributed by atoms with Gasteiger partial charge < -0.3 is 10.2 Å². The summed E-state index contributed by atoms with van der Waals surface area (Å²) < 4.78 is 17.2. The molecule has 0 bridgehead atoms. The van der Waals surface area contributed by atoms with Crippen molar-refractivity contribution in [3.63, 3.8) is 0 Å². The molecular formula is CH2O5U. The van der Waals surface area contributed by atoms with Gasteiger partial charge in [0.1, 0.15) is 0 Å². The molecule has 0 unspecified atom stereocenters. The van der Waals surface area contributed by atoms with E-state index in [0.717, 1.165) is 0 Å². The molecule has 0 aromatic carbocycles. The SMILES string of the molecule is O=C(O)O.[O]=[U]=[O]. The molecule has 0 atom stereocenters. The van der Waals surface area contributed by atoms with Gasteiger partial charge in [-0.15, -0.1) is 0 Å². The summed E-state index contributed by atoms with van der Waals surface area (Å²) in [6.07, 6.45) is -1.83. The van der Waals surface area contributed by atoms with Crippen LogP contribution in [-0.2, 0) is 4.47 Å². The molecule has 0 radical (unpaired) electrons. The Labute approximate surface area is 53.6 Å². The summed E-state index contributed by atoms with van der Waals surface area (Å²) in [5, 5.41) is 13.9. The Hall–Kier alpha value is -0.0781. The van der Waals surface area contributed by atoms with E-state index in [1.54, 1.807) is 0 Å². The van der Waals surface area contributed by atoms with Crippen molar-refractivity contribution < 1.29 is 47.3 Å². The van der Waals surface area contributed by atoms with Gasteiger partial charge in [0.15, 0.2) is 0 Å². The summed E-state index contributed by atoms with van der Waals surface area (Å²) in [7, 11) is 0. The molecule has 5 nitrogen and oxygen atoms in total. The summed E-state index contributed by atoms with van der Waals surface area (Å²) in [6, 6.07) is 0. The molecule has 0 aromatic rings. The fourth-order valence-electron chi connectivity index (χ4n) is 0. The van der Waals surface area contributed by atoms with Crippen LogP contribution in [-0.4, -0.2) is 16.4 Å². The van der Waals surface area contributed by atoms with Crippen LogP contribution in [0.4, 0.5) is 4.79 Å². The Morgan fingerprint density at radius 2 is 1.29 bits per heavy atom. The van der Waals surface area contributed by atoms with Gasteiger partial charge in [-0.2, -0.15) is 0 Å². The topological polar surface area (TPSA) is 91.7 Å². The van der Waals surface area contributed by atoms with Crippen molar-refractivity contribution in [3.8, 4) is 0 Å². The first-order valence-corrected chi connectivity index (χ1v) is 4.46. The number of carbonyl (C=O) groups is 1. The third-order valence-electron chi connectivity index (χ3n) is 0. The molecule has 2 N–H and O–H groups in total. The second-order valence-corrected chi connectivity index (χ2v) is 1.06. The van der Waals surface area contributed by atoms with Crippen LogP contribution < -0.4 is 0 Å². The van der Waals surface area contributed by atoms with Gasteiger partial charge in [0.2, 0.25) is 0 Å². The maximum absolute atomic E-state index is 8.58. The first-order valence-electron chi connectivity index (χ1n) is 1.06. The van der Waals surface area contributed by atoms with Crippen LogP contribution in [0.25, 0.3) is 0 Å². The van der Waals surface area contributed by atoms with E-state index in [2.05, 4.69) is 0 Å². The number of hydrogen-bond acceptors (Lipinski definition) is 3. The summed E-state index contributed by atoms with van der Waals surface area (Å²) >= 11 is -2.51. The third kappa shape index (κ3) is 15000. The summed E-state index contributed by atoms with van der Waals surface area (Å²) in [5.74, 6) is 0. The quantitative estimate of drug-likeness (QED) is 0.651. The van der Waals surface area contributed by atoms with E-state index in [-0.39, 0.29) is 0 Å². The molecule has 0 amide bonds. The van der Waals surface area contributed by atoms with Gasteiger partial charge in [0.25, 0.3) is 0 Å². The summed E-state index contributed by atoms with van der Waals surface area (Å²) in [6.45, 7) is 0. The Morgan fingerprint density at radius 1 is 1.29 bits per heavy atom. The van der Waals surface area contributed by atoms with Crippen LogP contribution in [0.3, 0.4) is 0 Å². The van der Waals surface area contributed by atoms with Crippen molar-refractivity contribution in [2.24, 2.45) is 0 Å². The van der Waals surface area contributed by atoms with E-state index >= 15 is 0 Å². The van der Waals surface area contributed by atoms with E-state index in [4.69, 9.17) is 19.5 Å². The van der Waals surface area contributed by atoms with Crippen LogP contribution in [0, 0.1) is 27.8 Å². The van der Waals surface area contributed by atoms with Crippen LogP contribution >= 0.6 is 0 Å². The van der Waals surface area contributed by atoms with Crippen molar-refractivity contribution in [1.29, 1.82) is 0 Å². The van der Waals surface area contributed by atoms with E-state index in [1.165, 1.54) is 0 Å². The molecule has 7 heavy (non-hydrogen) atoms. The normalized spacial score (nSPS) is 4.57. The molecule has 0 heterocycles. The van der Waals surface area contributed by atoms with Crippen LogP contribution in [0.5, 0.6) is 0 Å². The molecule has 40 valence electrons. The third-order valence-corrected chi connectivity index (χ3v) is 0. The van der Waals surface area contributed by atoms with Gasteiger partial charge in [-0.25, -0.2) is 4.79 Å². The van der Waals surface area contributed by atoms with E-state index in [9.17, 15) is 0 Å². The molecule has 0 aliphatic heterocycles. The molecule has 0 rings (SSSR count). The summed E-state index contributed by atoms with van der Waals surface area (Å²) in [4.78, 5) is 8.56. The van der Waals surface area contributed by atoms with Crippen molar-refractivity contribution in [1.82, 2.24) is 0 Å². The minimum absolute atomic E-state index is 1.83. The van der Waals surface area contributed by atoms with E-state index in [0.29, 0.717) is 0 Å².